The molecule has 0 saturated carbocycles. The summed E-state index contributed by atoms with van der Waals surface area (Å²) in [6.07, 6.45) is 2.40. The molecule has 1 aromatic heterocycles. The number of rotatable bonds is 7. The minimum atomic E-state index is -0.632. The number of carbonyl (C=O) groups excluding carboxylic acids is 1. The van der Waals surface area contributed by atoms with E-state index in [0.717, 1.165) is 24.3 Å². The minimum absolute atomic E-state index is 0.0119. The number of aromatic amines is 1. The number of anilines is 4. The maximum atomic E-state index is 12.6. The molecular formula is C24H28N6O3. The highest BCUT2D eigenvalue weighted by molar-refractivity contribution is 5.94. The maximum Gasteiger partial charge on any atom is 0.330 e. The topological polar surface area (TPSA) is 116 Å². The van der Waals surface area contributed by atoms with Crippen molar-refractivity contribution < 1.29 is 4.79 Å². The Labute approximate surface area is 191 Å². The lowest BCUT2D eigenvalue weighted by atomic mass is 10.2. The van der Waals surface area contributed by atoms with Gasteiger partial charge in [-0.05, 0) is 42.7 Å². The fourth-order valence-corrected chi connectivity index (χ4v) is 4.10. The second-order valence-electron chi connectivity index (χ2n) is 8.21. The van der Waals surface area contributed by atoms with Crippen molar-refractivity contribution in [2.75, 3.05) is 47.5 Å². The summed E-state index contributed by atoms with van der Waals surface area (Å²) >= 11 is 0. The molecule has 4 rings (SSSR count). The number of hydrogen-bond donors (Lipinski definition) is 3. The lowest BCUT2D eigenvalue weighted by molar-refractivity contribution is -0.114. The van der Waals surface area contributed by atoms with Crippen molar-refractivity contribution in [3.05, 3.63) is 81.0 Å². The second-order valence-corrected chi connectivity index (χ2v) is 8.21. The van der Waals surface area contributed by atoms with Gasteiger partial charge in [0, 0.05) is 31.5 Å². The van der Waals surface area contributed by atoms with E-state index in [0.29, 0.717) is 5.69 Å². The summed E-state index contributed by atoms with van der Waals surface area (Å²) in [5, 5.41) is 2.84. The zero-order chi connectivity index (χ0) is 23.4. The Bertz CT molecular complexity index is 1230. The number of nitrogens with one attached hydrogen (secondary N) is 2. The van der Waals surface area contributed by atoms with Crippen LogP contribution in [0.15, 0.2) is 64.2 Å². The van der Waals surface area contributed by atoms with Gasteiger partial charge in [-0.2, -0.15) is 0 Å². The number of hydrogen-bond acceptors (Lipinski definition) is 6. The van der Waals surface area contributed by atoms with E-state index in [4.69, 9.17) is 5.73 Å². The van der Waals surface area contributed by atoms with Crippen LogP contribution in [0.5, 0.6) is 0 Å². The molecule has 9 nitrogen and oxygen atoms in total. The molecule has 33 heavy (non-hydrogen) atoms. The quantitative estimate of drug-likeness (QED) is 0.508. The Hall–Kier alpha value is -4.01. The summed E-state index contributed by atoms with van der Waals surface area (Å²) in [6, 6.07) is 17.0. The van der Waals surface area contributed by atoms with Gasteiger partial charge < -0.3 is 20.9 Å². The van der Waals surface area contributed by atoms with E-state index in [9.17, 15) is 14.4 Å². The van der Waals surface area contributed by atoms with Gasteiger partial charge >= 0.3 is 5.69 Å². The zero-order valence-electron chi connectivity index (χ0n) is 18.6. The number of benzene rings is 2. The Morgan fingerprint density at radius 2 is 1.73 bits per heavy atom. The third kappa shape index (κ3) is 5.08. The number of carbonyl (C=O) groups is 1. The number of nitrogens with zero attached hydrogens (tertiary/aromatic N) is 3. The van der Waals surface area contributed by atoms with Crippen LogP contribution >= 0.6 is 0 Å². The smallest absolute Gasteiger partial charge is 0.330 e. The number of H-pyrrole nitrogens is 1. The summed E-state index contributed by atoms with van der Waals surface area (Å²) in [5.41, 5.74) is 7.73. The van der Waals surface area contributed by atoms with Crippen molar-refractivity contribution in [3.63, 3.8) is 0 Å². The first-order valence-corrected chi connectivity index (χ1v) is 10.9. The largest absolute Gasteiger partial charge is 0.383 e. The summed E-state index contributed by atoms with van der Waals surface area (Å²) in [4.78, 5) is 43.5. The second kappa shape index (κ2) is 9.64. The average Bonchev–Trinajstić information content (AvgIpc) is 3.32. The molecular weight excluding hydrogens is 420 g/mol. The monoisotopic (exact) mass is 448 g/mol. The van der Waals surface area contributed by atoms with Crippen molar-refractivity contribution in [2.45, 2.75) is 19.4 Å². The van der Waals surface area contributed by atoms with Gasteiger partial charge in [-0.15, -0.1) is 0 Å². The predicted molar refractivity (Wildman–Crippen MR) is 131 cm³/mol. The van der Waals surface area contributed by atoms with Crippen LogP contribution in [0.3, 0.4) is 0 Å². The number of likely N-dealkylation sites (N-methyl/N-ethyl adjacent to an activating group) is 1. The molecule has 9 heteroatoms. The molecule has 0 atom stereocenters. The van der Waals surface area contributed by atoms with E-state index >= 15 is 0 Å². The molecule has 1 aliphatic rings. The lowest BCUT2D eigenvalue weighted by Gasteiger charge is -2.22. The highest BCUT2D eigenvalue weighted by atomic mass is 16.2. The van der Waals surface area contributed by atoms with Gasteiger partial charge in [-0.1, -0.05) is 30.3 Å². The van der Waals surface area contributed by atoms with E-state index in [1.165, 1.54) is 22.3 Å². The zero-order valence-corrected chi connectivity index (χ0v) is 18.6. The van der Waals surface area contributed by atoms with Gasteiger partial charge in [0.2, 0.25) is 5.91 Å². The molecule has 1 saturated heterocycles. The molecule has 1 aliphatic heterocycles. The third-order valence-corrected chi connectivity index (χ3v) is 5.78. The van der Waals surface area contributed by atoms with Gasteiger partial charge in [-0.25, -0.2) is 4.79 Å². The van der Waals surface area contributed by atoms with E-state index in [1.54, 1.807) is 7.05 Å². The van der Waals surface area contributed by atoms with Gasteiger partial charge in [0.1, 0.15) is 11.5 Å². The molecule has 0 aliphatic carbocycles. The van der Waals surface area contributed by atoms with E-state index in [2.05, 4.69) is 15.2 Å². The molecule has 172 valence electrons. The minimum Gasteiger partial charge on any atom is -0.383 e. The Morgan fingerprint density at radius 1 is 1.06 bits per heavy atom. The first-order valence-electron chi connectivity index (χ1n) is 10.9. The van der Waals surface area contributed by atoms with Crippen molar-refractivity contribution in [2.24, 2.45) is 0 Å². The Balaban J connectivity index is 1.46. The number of nitrogen functional groups attached to an aromatic ring is 1. The summed E-state index contributed by atoms with van der Waals surface area (Å²) in [7, 11) is 1.59. The van der Waals surface area contributed by atoms with Crippen molar-refractivity contribution in [1.29, 1.82) is 0 Å². The van der Waals surface area contributed by atoms with Crippen molar-refractivity contribution in [3.8, 4) is 0 Å². The molecule has 1 amide bonds. The van der Waals surface area contributed by atoms with E-state index in [-0.39, 0.29) is 30.5 Å². The van der Waals surface area contributed by atoms with Crippen LogP contribution in [-0.2, 0) is 11.3 Å². The molecule has 1 fully saturated rings. The fourth-order valence-electron chi connectivity index (χ4n) is 4.10. The number of aromatic nitrogens is 2. The molecule has 2 aromatic carbocycles. The first kappa shape index (κ1) is 22.2. The normalized spacial score (nSPS) is 13.2. The molecule has 0 bridgehead atoms. The highest BCUT2D eigenvalue weighted by Gasteiger charge is 2.19. The fraction of sp³-hybridized carbons (Fsp3) is 0.292. The summed E-state index contributed by atoms with van der Waals surface area (Å²) in [6.45, 7) is 2.21. The molecule has 2 heterocycles. The predicted octanol–water partition coefficient (Wildman–Crippen LogP) is 1.84. The van der Waals surface area contributed by atoms with Crippen LogP contribution in [0, 0.1) is 0 Å². The maximum absolute atomic E-state index is 12.6. The summed E-state index contributed by atoms with van der Waals surface area (Å²) in [5.74, 6) is -0.288. The van der Waals surface area contributed by atoms with Crippen molar-refractivity contribution >= 4 is 28.8 Å². The molecule has 0 radical (unpaired) electrons. The van der Waals surface area contributed by atoms with Crippen LogP contribution in [0.4, 0.5) is 22.9 Å². The third-order valence-electron chi connectivity index (χ3n) is 5.78. The van der Waals surface area contributed by atoms with Crippen LogP contribution in [0.2, 0.25) is 0 Å². The van der Waals surface area contributed by atoms with E-state index < -0.39 is 11.2 Å². The van der Waals surface area contributed by atoms with Gasteiger partial charge in [0.15, 0.2) is 0 Å². The number of nitrogens with two attached hydrogens (primary N) is 1. The Kier molecular flexibility index (Phi) is 6.48. The lowest BCUT2D eigenvalue weighted by Crippen LogP contribution is -2.39. The average molecular weight is 449 g/mol. The number of amides is 1. The molecule has 4 N–H and O–H groups in total. The van der Waals surface area contributed by atoms with E-state index in [1.807, 2.05) is 54.6 Å². The van der Waals surface area contributed by atoms with Crippen LogP contribution in [-0.4, -0.2) is 42.1 Å². The Morgan fingerprint density at radius 3 is 2.39 bits per heavy atom. The SMILES string of the molecule is CN(CC(=O)Nc1ccc(N2CCCC2)cc1)c1c(N)n(Cc2ccccc2)c(=O)[nH]c1=O. The standard InChI is InChI=1S/C24H28N6O3/c1-28(16-20(31)26-18-9-11-19(12-10-18)29-13-5-6-14-29)21-22(25)30(24(33)27-23(21)32)15-17-7-3-2-4-8-17/h2-4,7-12H,5-6,13-16,25H2,1H3,(H,26,31)(H,27,32,33). The summed E-state index contributed by atoms with van der Waals surface area (Å²) < 4.78 is 1.29. The van der Waals surface area contributed by atoms with Crippen molar-refractivity contribution in [1.82, 2.24) is 9.55 Å². The molecule has 3 aromatic rings. The van der Waals surface area contributed by atoms with Gasteiger partial charge in [-0.3, -0.25) is 19.1 Å². The van der Waals surface area contributed by atoms with Crippen LogP contribution in [0.25, 0.3) is 0 Å². The van der Waals surface area contributed by atoms with Gasteiger partial charge in [0.05, 0.1) is 13.1 Å². The molecule has 0 unspecified atom stereocenters. The molecule has 0 spiro atoms. The van der Waals surface area contributed by atoms with Crippen LogP contribution in [0.1, 0.15) is 18.4 Å². The first-order chi connectivity index (χ1) is 15.9. The van der Waals surface area contributed by atoms with Crippen LogP contribution < -0.4 is 32.1 Å². The highest BCUT2D eigenvalue weighted by Crippen LogP contribution is 2.22. The van der Waals surface area contributed by atoms with Gasteiger partial charge in [0.25, 0.3) is 5.56 Å².